The van der Waals surface area contributed by atoms with Gasteiger partial charge in [-0.25, -0.2) is 0 Å². The van der Waals surface area contributed by atoms with E-state index in [0.717, 1.165) is 17.0 Å². The maximum atomic E-state index is 12.0. The van der Waals surface area contributed by atoms with Crippen molar-refractivity contribution < 1.29 is 9.53 Å². The summed E-state index contributed by atoms with van der Waals surface area (Å²) in [7, 11) is 1.61. The number of carbonyl (C=O) groups excluding carboxylic acids is 1. The first-order valence-electron chi connectivity index (χ1n) is 6.21. The summed E-state index contributed by atoms with van der Waals surface area (Å²) in [6.45, 7) is 0.416. The van der Waals surface area contributed by atoms with Crippen LogP contribution < -0.4 is 21.3 Å². The molecule has 0 aliphatic heterocycles. The number of carbonyl (C=O) groups is 1. The molecular weight excluding hydrogens is 254 g/mol. The van der Waals surface area contributed by atoms with Gasteiger partial charge >= 0.3 is 0 Å². The number of hydrogen-bond donors (Lipinski definition) is 3. The lowest BCUT2D eigenvalue weighted by molar-refractivity contribution is 0.0950. The number of hydrogen-bond acceptors (Lipinski definition) is 4. The van der Waals surface area contributed by atoms with Crippen molar-refractivity contribution in [3.8, 4) is 5.75 Å². The quantitative estimate of drug-likeness (QED) is 0.573. The minimum Gasteiger partial charge on any atom is -0.496 e. The lowest BCUT2D eigenvalue weighted by Crippen LogP contribution is -2.23. The van der Waals surface area contributed by atoms with Gasteiger partial charge in [-0.1, -0.05) is 18.2 Å². The van der Waals surface area contributed by atoms with E-state index in [4.69, 9.17) is 10.6 Å². The van der Waals surface area contributed by atoms with Crippen LogP contribution in [0.4, 0.5) is 5.69 Å². The second kappa shape index (κ2) is 6.58. The minimum atomic E-state index is -0.139. The van der Waals surface area contributed by atoms with Crippen LogP contribution in [0.1, 0.15) is 15.9 Å². The van der Waals surface area contributed by atoms with Gasteiger partial charge in [0.05, 0.1) is 7.11 Å². The molecule has 4 N–H and O–H groups in total. The second-order valence-electron chi connectivity index (χ2n) is 4.22. The van der Waals surface area contributed by atoms with E-state index in [1.165, 1.54) is 0 Å². The van der Waals surface area contributed by atoms with Crippen LogP contribution in [0.2, 0.25) is 0 Å². The Balaban J connectivity index is 2.01. The normalized spacial score (nSPS) is 9.90. The summed E-state index contributed by atoms with van der Waals surface area (Å²) in [5.74, 6) is 5.90. The van der Waals surface area contributed by atoms with Crippen LogP contribution in [0.3, 0.4) is 0 Å². The number of para-hydroxylation sites is 1. The van der Waals surface area contributed by atoms with Crippen molar-refractivity contribution in [3.63, 3.8) is 0 Å². The number of nitrogen functional groups attached to an aromatic ring is 1. The van der Waals surface area contributed by atoms with Gasteiger partial charge in [-0.05, 0) is 30.3 Å². The van der Waals surface area contributed by atoms with Crippen LogP contribution in [0.15, 0.2) is 48.5 Å². The van der Waals surface area contributed by atoms with E-state index < -0.39 is 0 Å². The number of rotatable bonds is 5. The van der Waals surface area contributed by atoms with Crippen LogP contribution in [0, 0.1) is 0 Å². The van der Waals surface area contributed by atoms with Crippen molar-refractivity contribution >= 4 is 11.6 Å². The molecule has 2 aromatic rings. The molecule has 20 heavy (non-hydrogen) atoms. The Hall–Kier alpha value is -2.53. The molecule has 0 bridgehead atoms. The van der Waals surface area contributed by atoms with Gasteiger partial charge in [0.15, 0.2) is 0 Å². The van der Waals surface area contributed by atoms with Crippen LogP contribution >= 0.6 is 0 Å². The van der Waals surface area contributed by atoms with Gasteiger partial charge in [-0.3, -0.25) is 10.6 Å². The Morgan fingerprint density at radius 3 is 2.50 bits per heavy atom. The highest BCUT2D eigenvalue weighted by atomic mass is 16.5. The fourth-order valence-electron chi connectivity index (χ4n) is 1.84. The Labute approximate surface area is 117 Å². The van der Waals surface area contributed by atoms with Gasteiger partial charge in [0.1, 0.15) is 5.75 Å². The molecular formula is C15H17N3O2. The lowest BCUT2D eigenvalue weighted by Gasteiger charge is -2.09. The van der Waals surface area contributed by atoms with Crippen LogP contribution in [-0.4, -0.2) is 13.0 Å². The highest BCUT2D eigenvalue weighted by Crippen LogP contribution is 2.17. The molecule has 0 radical (unpaired) electrons. The van der Waals surface area contributed by atoms with Crippen molar-refractivity contribution in [2.45, 2.75) is 6.54 Å². The summed E-state index contributed by atoms with van der Waals surface area (Å²) in [5.41, 5.74) is 4.79. The van der Waals surface area contributed by atoms with E-state index in [-0.39, 0.29) is 5.91 Å². The van der Waals surface area contributed by atoms with Crippen LogP contribution in [0.25, 0.3) is 0 Å². The molecule has 2 rings (SSSR count). The zero-order valence-corrected chi connectivity index (χ0v) is 11.2. The summed E-state index contributed by atoms with van der Waals surface area (Å²) in [4.78, 5) is 12.0. The Morgan fingerprint density at radius 2 is 1.85 bits per heavy atom. The number of nitrogens with one attached hydrogen (secondary N) is 2. The zero-order valence-electron chi connectivity index (χ0n) is 11.2. The summed E-state index contributed by atoms with van der Waals surface area (Å²) in [5, 5.41) is 2.86. The zero-order chi connectivity index (χ0) is 14.4. The Bertz CT molecular complexity index is 582. The largest absolute Gasteiger partial charge is 0.496 e. The van der Waals surface area contributed by atoms with E-state index in [9.17, 15) is 4.79 Å². The Kier molecular flexibility index (Phi) is 4.57. The van der Waals surface area contributed by atoms with Crippen molar-refractivity contribution in [1.29, 1.82) is 0 Å². The first-order valence-corrected chi connectivity index (χ1v) is 6.21. The van der Waals surface area contributed by atoms with E-state index in [1.807, 2.05) is 24.3 Å². The number of anilines is 1. The van der Waals surface area contributed by atoms with Gasteiger partial charge in [-0.2, -0.15) is 0 Å². The molecule has 0 aromatic heterocycles. The van der Waals surface area contributed by atoms with E-state index >= 15 is 0 Å². The molecule has 104 valence electrons. The third-order valence-corrected chi connectivity index (χ3v) is 2.95. The van der Waals surface area contributed by atoms with Crippen molar-refractivity contribution in [1.82, 2.24) is 5.32 Å². The first-order chi connectivity index (χ1) is 9.74. The predicted molar refractivity (Wildman–Crippen MR) is 78.4 cm³/mol. The molecule has 0 saturated carbocycles. The molecule has 0 saturated heterocycles. The third kappa shape index (κ3) is 3.27. The fourth-order valence-corrected chi connectivity index (χ4v) is 1.84. The highest BCUT2D eigenvalue weighted by molar-refractivity contribution is 5.94. The minimum absolute atomic E-state index is 0.139. The maximum absolute atomic E-state index is 12.0. The van der Waals surface area contributed by atoms with Gasteiger partial charge in [0, 0.05) is 23.4 Å². The van der Waals surface area contributed by atoms with Crippen molar-refractivity contribution in [2.24, 2.45) is 5.84 Å². The molecule has 0 aliphatic carbocycles. The molecule has 0 fully saturated rings. The molecule has 2 aromatic carbocycles. The van der Waals surface area contributed by atoms with E-state index in [2.05, 4.69) is 10.7 Å². The van der Waals surface area contributed by atoms with Gasteiger partial charge in [0.25, 0.3) is 5.91 Å². The lowest BCUT2D eigenvalue weighted by atomic mass is 10.1. The number of amides is 1. The van der Waals surface area contributed by atoms with Gasteiger partial charge in [-0.15, -0.1) is 0 Å². The number of methoxy groups -OCH3 is 1. The van der Waals surface area contributed by atoms with Crippen LogP contribution in [-0.2, 0) is 6.54 Å². The van der Waals surface area contributed by atoms with Gasteiger partial charge in [0.2, 0.25) is 0 Å². The van der Waals surface area contributed by atoms with Crippen molar-refractivity contribution in [3.05, 3.63) is 59.7 Å². The SMILES string of the molecule is COc1ccccc1CNC(=O)c1ccc(NN)cc1. The second-order valence-corrected chi connectivity index (χ2v) is 4.22. The molecule has 0 unspecified atom stereocenters. The molecule has 5 nitrogen and oxygen atoms in total. The number of nitrogens with two attached hydrogens (primary N) is 1. The topological polar surface area (TPSA) is 76.4 Å². The Morgan fingerprint density at radius 1 is 1.15 bits per heavy atom. The molecule has 1 amide bonds. The van der Waals surface area contributed by atoms with E-state index in [0.29, 0.717) is 12.1 Å². The average molecular weight is 271 g/mol. The average Bonchev–Trinajstić information content (AvgIpc) is 2.53. The predicted octanol–water partition coefficient (Wildman–Crippen LogP) is 1.91. The fraction of sp³-hybridized carbons (Fsp3) is 0.133. The van der Waals surface area contributed by atoms with E-state index in [1.54, 1.807) is 31.4 Å². The smallest absolute Gasteiger partial charge is 0.251 e. The molecule has 0 heterocycles. The van der Waals surface area contributed by atoms with Crippen LogP contribution in [0.5, 0.6) is 5.75 Å². The molecule has 0 atom stereocenters. The third-order valence-electron chi connectivity index (χ3n) is 2.95. The monoisotopic (exact) mass is 271 g/mol. The maximum Gasteiger partial charge on any atom is 0.251 e. The number of hydrazine groups is 1. The summed E-state index contributed by atoms with van der Waals surface area (Å²) in [6, 6.07) is 14.5. The highest BCUT2D eigenvalue weighted by Gasteiger charge is 2.07. The number of ether oxygens (including phenoxy) is 1. The molecule has 5 heteroatoms. The molecule has 0 aliphatic rings. The summed E-state index contributed by atoms with van der Waals surface area (Å²) < 4.78 is 5.24. The standard InChI is InChI=1S/C15H17N3O2/c1-20-14-5-3-2-4-12(14)10-17-15(19)11-6-8-13(18-16)9-7-11/h2-9,18H,10,16H2,1H3,(H,17,19). The van der Waals surface area contributed by atoms with Crippen molar-refractivity contribution in [2.75, 3.05) is 12.5 Å². The number of benzene rings is 2. The summed E-state index contributed by atoms with van der Waals surface area (Å²) >= 11 is 0. The summed E-state index contributed by atoms with van der Waals surface area (Å²) in [6.07, 6.45) is 0. The first kappa shape index (κ1) is 13.9. The van der Waals surface area contributed by atoms with Gasteiger partial charge < -0.3 is 15.5 Å². The molecule has 0 spiro atoms.